The van der Waals surface area contributed by atoms with Gasteiger partial charge >= 0.3 is 0 Å². The molecule has 0 bridgehead atoms. The highest BCUT2D eigenvalue weighted by atomic mass is 127. The van der Waals surface area contributed by atoms with Crippen LogP contribution in [0.4, 0.5) is 0 Å². The van der Waals surface area contributed by atoms with Crippen molar-refractivity contribution < 1.29 is 0 Å². The number of aromatic nitrogens is 2. The number of benzene rings is 1. The van der Waals surface area contributed by atoms with E-state index >= 15 is 0 Å². The predicted octanol–water partition coefficient (Wildman–Crippen LogP) is 4.10. The van der Waals surface area contributed by atoms with Gasteiger partial charge in [0.25, 0.3) is 0 Å². The third-order valence-corrected chi connectivity index (χ3v) is 4.76. The van der Waals surface area contributed by atoms with Crippen LogP contribution in [0.3, 0.4) is 0 Å². The molecule has 5 nitrogen and oxygen atoms in total. The Morgan fingerprint density at radius 2 is 1.92 bits per heavy atom. The van der Waals surface area contributed by atoms with E-state index in [4.69, 9.17) is 4.99 Å². The van der Waals surface area contributed by atoms with Crippen LogP contribution in [0, 0.1) is 13.8 Å². The number of rotatable bonds is 6. The summed E-state index contributed by atoms with van der Waals surface area (Å²) >= 11 is 3.46. The molecule has 0 amide bonds. The molecule has 0 saturated carbocycles. The van der Waals surface area contributed by atoms with Gasteiger partial charge in [0.2, 0.25) is 0 Å². The topological polar surface area (TPSA) is 54.2 Å². The number of guanidine groups is 1. The summed E-state index contributed by atoms with van der Waals surface area (Å²) in [4.78, 5) is 4.70. The number of hydrogen-bond donors (Lipinski definition) is 2. The molecule has 0 spiro atoms. The lowest BCUT2D eigenvalue weighted by molar-refractivity contribution is 0.636. The lowest BCUT2D eigenvalue weighted by Crippen LogP contribution is -2.43. The van der Waals surface area contributed by atoms with Crippen LogP contribution in [0.25, 0.3) is 0 Å². The number of aliphatic imine (C=N–C) groups is 1. The van der Waals surface area contributed by atoms with Crippen molar-refractivity contribution in [1.82, 2.24) is 20.4 Å². The first-order valence-corrected chi connectivity index (χ1v) is 9.48. The van der Waals surface area contributed by atoms with Crippen LogP contribution < -0.4 is 10.6 Å². The predicted molar refractivity (Wildman–Crippen MR) is 123 cm³/mol. The normalized spacial score (nSPS) is 12.5. The average Bonchev–Trinajstić information content (AvgIpc) is 2.80. The first-order chi connectivity index (χ1) is 11.9. The summed E-state index contributed by atoms with van der Waals surface area (Å²) in [6.45, 7) is 9.94. The van der Waals surface area contributed by atoms with Crippen molar-refractivity contribution in [2.45, 2.75) is 46.7 Å². The Morgan fingerprint density at radius 1 is 1.27 bits per heavy atom. The van der Waals surface area contributed by atoms with Gasteiger partial charge in [0, 0.05) is 29.8 Å². The summed E-state index contributed by atoms with van der Waals surface area (Å²) in [6.07, 6.45) is 0.925. The van der Waals surface area contributed by atoms with Gasteiger partial charge < -0.3 is 10.6 Å². The lowest BCUT2D eigenvalue weighted by atomic mass is 10.1. The zero-order valence-corrected chi connectivity index (χ0v) is 20.1. The molecule has 2 rings (SSSR count). The second-order valence-corrected chi connectivity index (χ2v) is 7.26. The van der Waals surface area contributed by atoms with Crippen LogP contribution in [0.5, 0.6) is 0 Å². The lowest BCUT2D eigenvalue weighted by Gasteiger charge is -2.18. The van der Waals surface area contributed by atoms with Crippen molar-refractivity contribution in [2.24, 2.45) is 12.0 Å². The highest BCUT2D eigenvalue weighted by Gasteiger charge is 2.13. The van der Waals surface area contributed by atoms with Gasteiger partial charge in [-0.1, -0.05) is 28.1 Å². The Kier molecular flexibility index (Phi) is 9.63. The minimum atomic E-state index is 0. The molecule has 26 heavy (non-hydrogen) atoms. The van der Waals surface area contributed by atoms with Gasteiger partial charge in [0.1, 0.15) is 0 Å². The maximum atomic E-state index is 4.70. The van der Waals surface area contributed by atoms with Gasteiger partial charge in [-0.2, -0.15) is 5.10 Å². The Balaban J connectivity index is 0.00000338. The van der Waals surface area contributed by atoms with Crippen LogP contribution in [0.1, 0.15) is 36.4 Å². The van der Waals surface area contributed by atoms with Gasteiger partial charge in [-0.15, -0.1) is 24.0 Å². The summed E-state index contributed by atoms with van der Waals surface area (Å²) in [6, 6.07) is 8.53. The minimum absolute atomic E-state index is 0. The molecular weight excluding hydrogens is 505 g/mol. The van der Waals surface area contributed by atoms with E-state index in [9.17, 15) is 0 Å². The van der Waals surface area contributed by atoms with E-state index in [-0.39, 0.29) is 30.0 Å². The van der Waals surface area contributed by atoms with E-state index in [2.05, 4.69) is 71.5 Å². The number of halogens is 2. The Labute approximate surface area is 182 Å². The van der Waals surface area contributed by atoms with Gasteiger partial charge in [-0.25, -0.2) is 4.99 Å². The zero-order valence-electron chi connectivity index (χ0n) is 16.1. The quantitative estimate of drug-likeness (QED) is 0.334. The molecule has 0 aliphatic rings. The van der Waals surface area contributed by atoms with Crippen molar-refractivity contribution in [3.05, 3.63) is 51.3 Å². The molecule has 1 atom stereocenters. The van der Waals surface area contributed by atoms with Crippen molar-refractivity contribution in [2.75, 3.05) is 6.54 Å². The maximum absolute atomic E-state index is 4.70. The van der Waals surface area contributed by atoms with E-state index in [0.29, 0.717) is 6.54 Å². The molecule has 1 aromatic carbocycles. The van der Waals surface area contributed by atoms with Crippen LogP contribution in [0.2, 0.25) is 0 Å². The van der Waals surface area contributed by atoms with Gasteiger partial charge in [0.15, 0.2) is 5.96 Å². The molecule has 144 valence electrons. The van der Waals surface area contributed by atoms with E-state index in [1.54, 1.807) is 0 Å². The fourth-order valence-corrected chi connectivity index (χ4v) is 3.05. The second-order valence-electron chi connectivity index (χ2n) is 6.34. The summed E-state index contributed by atoms with van der Waals surface area (Å²) in [5.41, 5.74) is 4.83. The Morgan fingerprint density at radius 3 is 2.46 bits per heavy atom. The van der Waals surface area contributed by atoms with Crippen LogP contribution in [-0.4, -0.2) is 28.3 Å². The first-order valence-electron chi connectivity index (χ1n) is 8.69. The van der Waals surface area contributed by atoms with Gasteiger partial charge in [-0.05, 0) is 57.4 Å². The number of hydrogen-bond acceptors (Lipinski definition) is 2. The molecule has 1 aromatic heterocycles. The van der Waals surface area contributed by atoms with Gasteiger partial charge in [0.05, 0.1) is 12.2 Å². The largest absolute Gasteiger partial charge is 0.357 e. The van der Waals surface area contributed by atoms with Crippen molar-refractivity contribution in [1.29, 1.82) is 0 Å². The average molecular weight is 534 g/mol. The van der Waals surface area contributed by atoms with Crippen molar-refractivity contribution >= 4 is 45.9 Å². The molecule has 2 N–H and O–H groups in total. The highest BCUT2D eigenvalue weighted by Crippen LogP contribution is 2.14. The van der Waals surface area contributed by atoms with Crippen LogP contribution in [0.15, 0.2) is 33.7 Å². The third kappa shape index (κ3) is 6.57. The van der Waals surface area contributed by atoms with E-state index in [1.807, 2.05) is 23.9 Å². The van der Waals surface area contributed by atoms with Crippen LogP contribution in [-0.2, 0) is 20.0 Å². The molecule has 1 heterocycles. The summed E-state index contributed by atoms with van der Waals surface area (Å²) in [7, 11) is 1.99. The smallest absolute Gasteiger partial charge is 0.191 e. The molecule has 0 saturated heterocycles. The molecule has 0 radical (unpaired) electrons. The molecule has 2 aromatic rings. The first kappa shape index (κ1) is 23.0. The second kappa shape index (κ2) is 10.9. The number of aryl methyl sites for hydroxylation is 2. The summed E-state index contributed by atoms with van der Waals surface area (Å²) in [5.74, 6) is 0.845. The summed E-state index contributed by atoms with van der Waals surface area (Å²) < 4.78 is 3.03. The SMILES string of the molecule is CCNC(=NCc1ccc(Br)cc1)NC(C)Cc1c(C)nn(C)c1C.I. The number of nitrogens with zero attached hydrogens (tertiary/aromatic N) is 3. The van der Waals surface area contributed by atoms with Crippen molar-refractivity contribution in [3.8, 4) is 0 Å². The fourth-order valence-electron chi connectivity index (χ4n) is 2.78. The van der Waals surface area contributed by atoms with Gasteiger partial charge in [-0.3, -0.25) is 4.68 Å². The monoisotopic (exact) mass is 533 g/mol. The maximum Gasteiger partial charge on any atom is 0.191 e. The molecule has 0 aliphatic heterocycles. The number of nitrogens with one attached hydrogen (secondary N) is 2. The molecular formula is C19H29BrIN5. The van der Waals surface area contributed by atoms with Crippen LogP contribution >= 0.6 is 39.9 Å². The Bertz CT molecular complexity index is 724. The standard InChI is InChI=1S/C19H28BrN5.HI/c1-6-21-19(22-12-16-7-9-17(20)10-8-16)23-13(2)11-18-14(3)24-25(5)15(18)4;/h7-10,13H,6,11-12H2,1-5H3,(H2,21,22,23);1H. The van der Waals surface area contributed by atoms with E-state index < -0.39 is 0 Å². The minimum Gasteiger partial charge on any atom is -0.357 e. The highest BCUT2D eigenvalue weighted by molar-refractivity contribution is 14.0. The molecule has 0 aliphatic carbocycles. The fraction of sp³-hybridized carbons (Fsp3) is 0.474. The van der Waals surface area contributed by atoms with E-state index in [0.717, 1.165) is 29.1 Å². The molecule has 1 unspecified atom stereocenters. The summed E-state index contributed by atoms with van der Waals surface area (Å²) in [5, 5.41) is 11.3. The third-order valence-electron chi connectivity index (χ3n) is 4.23. The Hall–Kier alpha value is -1.09. The molecule has 7 heteroatoms. The zero-order chi connectivity index (χ0) is 18.4. The van der Waals surface area contributed by atoms with Crippen molar-refractivity contribution in [3.63, 3.8) is 0 Å². The van der Waals surface area contributed by atoms with E-state index in [1.165, 1.54) is 16.8 Å². The molecule has 0 fully saturated rings.